The number of rotatable bonds is 3. The van der Waals surface area contributed by atoms with E-state index < -0.39 is 17.2 Å². The van der Waals surface area contributed by atoms with Crippen molar-refractivity contribution in [2.24, 2.45) is 0 Å². The SMILES string of the molecule is O=C(N1CCCC(c2nnc3n2CCCCC3)C1)C1(c2cccc(C(F)(F)F)c2)CCCC1. The molecule has 1 unspecified atom stereocenters. The molecule has 0 bridgehead atoms. The number of aryl methyl sites for hydroxylation is 1. The second-order valence-electron chi connectivity index (χ2n) is 9.89. The first-order chi connectivity index (χ1) is 15.9. The standard InChI is InChI=1S/C25H31F3N4O/c26-25(27,28)20-10-6-9-19(16-20)24(12-3-4-13-24)23(33)31-14-7-8-18(17-31)22-30-29-21-11-2-1-5-15-32(21)22/h6,9-10,16,18H,1-5,7-8,11-15,17H2. The minimum absolute atomic E-state index is 0.0142. The Hall–Kier alpha value is -2.38. The maximum atomic E-state index is 13.9. The number of alkyl halides is 3. The quantitative estimate of drug-likeness (QED) is 0.629. The van der Waals surface area contributed by atoms with Gasteiger partial charge in [-0.3, -0.25) is 4.79 Å². The van der Waals surface area contributed by atoms with Crippen LogP contribution in [0.4, 0.5) is 13.2 Å². The molecule has 1 atom stereocenters. The highest BCUT2D eigenvalue weighted by molar-refractivity contribution is 5.89. The van der Waals surface area contributed by atoms with E-state index >= 15 is 0 Å². The zero-order valence-electron chi connectivity index (χ0n) is 18.9. The van der Waals surface area contributed by atoms with Crippen LogP contribution in [0, 0.1) is 0 Å². The number of hydrogen-bond acceptors (Lipinski definition) is 3. The number of carbonyl (C=O) groups is 1. The highest BCUT2D eigenvalue weighted by Gasteiger charge is 2.47. The van der Waals surface area contributed by atoms with Crippen LogP contribution in [0.1, 0.15) is 86.5 Å². The van der Waals surface area contributed by atoms with Crippen LogP contribution < -0.4 is 0 Å². The van der Waals surface area contributed by atoms with Crippen LogP contribution in [0.15, 0.2) is 24.3 Å². The Morgan fingerprint density at radius 2 is 1.82 bits per heavy atom. The van der Waals surface area contributed by atoms with Crippen molar-refractivity contribution in [3.63, 3.8) is 0 Å². The van der Waals surface area contributed by atoms with Crippen LogP contribution in [0.3, 0.4) is 0 Å². The average Bonchev–Trinajstić information content (AvgIpc) is 3.41. The molecule has 1 aliphatic carbocycles. The number of halogens is 3. The van der Waals surface area contributed by atoms with Gasteiger partial charge in [0.25, 0.3) is 0 Å². The van der Waals surface area contributed by atoms with Crippen LogP contribution in [-0.4, -0.2) is 38.7 Å². The summed E-state index contributed by atoms with van der Waals surface area (Å²) in [5, 5.41) is 8.95. The zero-order valence-corrected chi connectivity index (χ0v) is 18.9. The van der Waals surface area contributed by atoms with Crippen LogP contribution in [0.25, 0.3) is 0 Å². The fraction of sp³-hybridized carbons (Fsp3) is 0.640. The molecule has 1 amide bonds. The number of aromatic nitrogens is 3. The molecule has 0 spiro atoms. The number of hydrogen-bond donors (Lipinski definition) is 0. The van der Waals surface area contributed by atoms with Gasteiger partial charge in [0, 0.05) is 32.0 Å². The van der Waals surface area contributed by atoms with E-state index in [4.69, 9.17) is 0 Å². The molecule has 1 aromatic carbocycles. The number of nitrogens with zero attached hydrogens (tertiary/aromatic N) is 4. The van der Waals surface area contributed by atoms with Crippen molar-refractivity contribution < 1.29 is 18.0 Å². The minimum atomic E-state index is -4.42. The molecule has 1 saturated carbocycles. The van der Waals surface area contributed by atoms with Gasteiger partial charge in [-0.1, -0.05) is 37.5 Å². The Morgan fingerprint density at radius 1 is 1.00 bits per heavy atom. The van der Waals surface area contributed by atoms with E-state index in [1.54, 1.807) is 6.07 Å². The van der Waals surface area contributed by atoms with E-state index in [2.05, 4.69) is 14.8 Å². The molecule has 0 N–H and O–H groups in total. The van der Waals surface area contributed by atoms with E-state index in [0.29, 0.717) is 31.5 Å². The zero-order chi connectivity index (χ0) is 23.1. The van der Waals surface area contributed by atoms with Crippen molar-refractivity contribution >= 4 is 5.91 Å². The maximum Gasteiger partial charge on any atom is 0.416 e. The van der Waals surface area contributed by atoms with Gasteiger partial charge in [-0.05, 0) is 50.2 Å². The molecule has 2 aliphatic heterocycles. The van der Waals surface area contributed by atoms with E-state index in [0.717, 1.165) is 69.2 Å². The van der Waals surface area contributed by atoms with Gasteiger partial charge in [0.15, 0.2) is 0 Å². The Labute approximate surface area is 192 Å². The van der Waals surface area contributed by atoms with Gasteiger partial charge in [0.1, 0.15) is 11.6 Å². The van der Waals surface area contributed by atoms with E-state index in [1.165, 1.54) is 18.6 Å². The predicted octanol–water partition coefficient (Wildman–Crippen LogP) is 5.24. The van der Waals surface area contributed by atoms with Crippen LogP contribution in [0.5, 0.6) is 0 Å². The van der Waals surface area contributed by atoms with Gasteiger partial charge in [-0.2, -0.15) is 13.2 Å². The summed E-state index contributed by atoms with van der Waals surface area (Å²) in [5.41, 5.74) is -1.02. The van der Waals surface area contributed by atoms with E-state index in [9.17, 15) is 18.0 Å². The molecular weight excluding hydrogens is 429 g/mol. The van der Waals surface area contributed by atoms with Crippen molar-refractivity contribution in [2.45, 2.75) is 88.3 Å². The summed E-state index contributed by atoms with van der Waals surface area (Å²) in [5.74, 6) is 2.13. The first-order valence-electron chi connectivity index (χ1n) is 12.3. The van der Waals surface area contributed by atoms with Crippen LogP contribution in [-0.2, 0) is 29.4 Å². The molecule has 8 heteroatoms. The summed E-state index contributed by atoms with van der Waals surface area (Å²) in [6.07, 6.45) is 4.73. The Balaban J connectivity index is 1.42. The summed E-state index contributed by atoms with van der Waals surface area (Å²) in [6, 6.07) is 5.43. The van der Waals surface area contributed by atoms with Gasteiger partial charge >= 0.3 is 6.18 Å². The molecule has 5 nitrogen and oxygen atoms in total. The fourth-order valence-electron chi connectivity index (χ4n) is 6.08. The molecule has 3 heterocycles. The number of piperidine rings is 1. The summed E-state index contributed by atoms with van der Waals surface area (Å²) >= 11 is 0. The molecular formula is C25H31F3N4O. The maximum absolute atomic E-state index is 13.9. The molecule has 1 aromatic heterocycles. The minimum Gasteiger partial charge on any atom is -0.341 e. The normalized spacial score (nSPS) is 23.2. The largest absolute Gasteiger partial charge is 0.416 e. The first-order valence-corrected chi connectivity index (χ1v) is 12.3. The second kappa shape index (κ2) is 8.76. The Morgan fingerprint density at radius 3 is 2.61 bits per heavy atom. The predicted molar refractivity (Wildman–Crippen MR) is 118 cm³/mol. The number of benzene rings is 1. The number of carbonyl (C=O) groups excluding carboxylic acids is 1. The van der Waals surface area contributed by atoms with Crippen LogP contribution >= 0.6 is 0 Å². The van der Waals surface area contributed by atoms with Crippen molar-refractivity contribution in [3.05, 3.63) is 47.0 Å². The summed E-state index contributed by atoms with van der Waals surface area (Å²) in [6.45, 7) is 2.14. The van der Waals surface area contributed by atoms with Gasteiger partial charge in [-0.25, -0.2) is 0 Å². The average molecular weight is 461 g/mol. The smallest absolute Gasteiger partial charge is 0.341 e. The van der Waals surface area contributed by atoms with E-state index in [-0.39, 0.29) is 11.8 Å². The van der Waals surface area contributed by atoms with Gasteiger partial charge in [0.2, 0.25) is 5.91 Å². The molecule has 1 saturated heterocycles. The molecule has 0 radical (unpaired) electrons. The lowest BCUT2D eigenvalue weighted by molar-refractivity contribution is -0.140. The molecule has 3 aliphatic rings. The van der Waals surface area contributed by atoms with Gasteiger partial charge in [0.05, 0.1) is 11.0 Å². The number of likely N-dealkylation sites (tertiary alicyclic amines) is 1. The van der Waals surface area contributed by atoms with Crippen molar-refractivity contribution in [1.29, 1.82) is 0 Å². The third-order valence-electron chi connectivity index (χ3n) is 7.82. The van der Waals surface area contributed by atoms with Crippen molar-refractivity contribution in [3.8, 4) is 0 Å². The Kier molecular flexibility index (Phi) is 5.95. The second-order valence-corrected chi connectivity index (χ2v) is 9.89. The monoisotopic (exact) mass is 460 g/mol. The number of fused-ring (bicyclic) bond motifs is 1. The first kappa shape index (κ1) is 22.4. The molecule has 2 fully saturated rings. The van der Waals surface area contributed by atoms with E-state index in [1.807, 2.05) is 4.90 Å². The van der Waals surface area contributed by atoms with Gasteiger partial charge in [-0.15, -0.1) is 10.2 Å². The molecule has 178 valence electrons. The van der Waals surface area contributed by atoms with Crippen LogP contribution in [0.2, 0.25) is 0 Å². The number of amides is 1. The molecule has 2 aromatic rings. The lowest BCUT2D eigenvalue weighted by Gasteiger charge is -2.39. The summed E-state index contributed by atoms with van der Waals surface area (Å²) in [7, 11) is 0. The molecule has 5 rings (SSSR count). The third-order valence-corrected chi connectivity index (χ3v) is 7.82. The van der Waals surface area contributed by atoms with Crippen molar-refractivity contribution in [1.82, 2.24) is 19.7 Å². The third kappa shape index (κ3) is 4.17. The highest BCUT2D eigenvalue weighted by Crippen LogP contribution is 2.45. The molecule has 33 heavy (non-hydrogen) atoms. The lowest BCUT2D eigenvalue weighted by Crippen LogP contribution is -2.49. The summed E-state index contributed by atoms with van der Waals surface area (Å²) < 4.78 is 42.5. The summed E-state index contributed by atoms with van der Waals surface area (Å²) in [4.78, 5) is 15.8. The van der Waals surface area contributed by atoms with Gasteiger partial charge < -0.3 is 9.47 Å². The highest BCUT2D eigenvalue weighted by atomic mass is 19.4. The Bertz CT molecular complexity index is 1010. The topological polar surface area (TPSA) is 51.0 Å². The van der Waals surface area contributed by atoms with Crippen molar-refractivity contribution in [2.75, 3.05) is 13.1 Å². The lowest BCUT2D eigenvalue weighted by atomic mass is 9.76. The fourth-order valence-corrected chi connectivity index (χ4v) is 6.08.